The number of para-hydroxylation sites is 1. The summed E-state index contributed by atoms with van der Waals surface area (Å²) < 4.78 is 5.71. The maximum atomic E-state index is 12.3. The fourth-order valence-electron chi connectivity index (χ4n) is 3.14. The largest absolute Gasteiger partial charge is 0.489 e. The first-order chi connectivity index (χ1) is 13.5. The summed E-state index contributed by atoms with van der Waals surface area (Å²) >= 11 is 0. The summed E-state index contributed by atoms with van der Waals surface area (Å²) in [5, 5.41) is 13.0. The van der Waals surface area contributed by atoms with Gasteiger partial charge >= 0.3 is 6.03 Å². The minimum atomic E-state index is -1.64. The molecular formula is C21H25N3O4. The Morgan fingerprint density at radius 3 is 2.46 bits per heavy atom. The molecule has 0 saturated carbocycles. The molecule has 1 aliphatic rings. The number of likely N-dealkylation sites (tertiary alicyclic amines) is 1. The van der Waals surface area contributed by atoms with Crippen LogP contribution in [0.3, 0.4) is 0 Å². The van der Waals surface area contributed by atoms with Crippen molar-refractivity contribution in [1.82, 2.24) is 10.2 Å². The zero-order valence-corrected chi connectivity index (χ0v) is 15.6. The maximum absolute atomic E-state index is 12.3. The van der Waals surface area contributed by atoms with Crippen LogP contribution in [0.15, 0.2) is 54.6 Å². The molecule has 0 bridgehead atoms. The van der Waals surface area contributed by atoms with Gasteiger partial charge in [0.2, 0.25) is 0 Å². The quantitative estimate of drug-likeness (QED) is 0.707. The van der Waals surface area contributed by atoms with Gasteiger partial charge in [-0.25, -0.2) is 4.79 Å². The van der Waals surface area contributed by atoms with Crippen molar-refractivity contribution >= 4 is 11.9 Å². The first kappa shape index (κ1) is 19.7. The Balaban J connectivity index is 1.48. The third-order valence-corrected chi connectivity index (χ3v) is 4.83. The lowest BCUT2D eigenvalue weighted by atomic mass is 9.92. The zero-order chi connectivity index (χ0) is 20.0. The van der Waals surface area contributed by atoms with Gasteiger partial charge in [-0.3, -0.25) is 4.79 Å². The minimum Gasteiger partial charge on any atom is -0.489 e. The highest BCUT2D eigenvalue weighted by Crippen LogP contribution is 2.21. The summed E-state index contributed by atoms with van der Waals surface area (Å²) in [4.78, 5) is 25.2. The molecule has 148 valence electrons. The summed E-state index contributed by atoms with van der Waals surface area (Å²) in [5.41, 5.74) is 5.58. The molecule has 28 heavy (non-hydrogen) atoms. The highest BCUT2D eigenvalue weighted by molar-refractivity contribution is 5.85. The molecular weight excluding hydrogens is 358 g/mol. The second-order valence-electron chi connectivity index (χ2n) is 7.00. The average molecular weight is 383 g/mol. The van der Waals surface area contributed by atoms with Gasteiger partial charge < -0.3 is 25.8 Å². The van der Waals surface area contributed by atoms with Crippen LogP contribution < -0.4 is 15.8 Å². The Morgan fingerprint density at radius 2 is 1.79 bits per heavy atom. The fraction of sp³-hybridized carbons (Fsp3) is 0.333. The van der Waals surface area contributed by atoms with Crippen LogP contribution in [0.25, 0.3) is 0 Å². The van der Waals surface area contributed by atoms with E-state index < -0.39 is 11.5 Å². The Hall–Kier alpha value is -3.06. The first-order valence-electron chi connectivity index (χ1n) is 9.27. The number of benzene rings is 2. The number of carbonyl (C=O) groups excluding carboxylic acids is 2. The molecule has 1 atom stereocenters. The van der Waals surface area contributed by atoms with E-state index in [1.165, 1.54) is 4.90 Å². The summed E-state index contributed by atoms with van der Waals surface area (Å²) in [7, 11) is 0. The molecule has 0 aliphatic carbocycles. The highest BCUT2D eigenvalue weighted by atomic mass is 16.5. The van der Waals surface area contributed by atoms with Gasteiger partial charge in [0.1, 0.15) is 12.4 Å². The first-order valence-corrected chi connectivity index (χ1v) is 9.27. The molecule has 7 heteroatoms. The predicted octanol–water partition coefficient (Wildman–Crippen LogP) is 1.79. The standard InChI is InChI=1S/C21H25N3O4/c22-19(25)21(27)11-4-12-24(15-21)20(26)23-13-16-7-9-17(10-8-16)14-28-18-5-2-1-3-6-18/h1-3,5-10,27H,4,11-15H2,(H2,22,25)(H,23,26). The second kappa shape index (κ2) is 8.75. The van der Waals surface area contributed by atoms with Gasteiger partial charge in [-0.15, -0.1) is 0 Å². The normalized spacial score (nSPS) is 19.1. The number of amides is 3. The smallest absolute Gasteiger partial charge is 0.317 e. The van der Waals surface area contributed by atoms with Gasteiger partial charge in [-0.1, -0.05) is 42.5 Å². The van der Waals surface area contributed by atoms with Crippen LogP contribution in [0.4, 0.5) is 4.79 Å². The number of piperidine rings is 1. The summed E-state index contributed by atoms with van der Waals surface area (Å²) in [5.74, 6) is 0.0228. The van der Waals surface area contributed by atoms with E-state index in [9.17, 15) is 14.7 Å². The van der Waals surface area contributed by atoms with E-state index in [1.54, 1.807) is 0 Å². The number of nitrogens with one attached hydrogen (secondary N) is 1. The number of hydrogen-bond donors (Lipinski definition) is 3. The number of β-amino-alcohol motifs (C(OH)–C–C–N with tert-alkyl or cyclic N) is 1. The Labute approximate surface area is 164 Å². The van der Waals surface area contributed by atoms with E-state index >= 15 is 0 Å². The van der Waals surface area contributed by atoms with Crippen LogP contribution in [0.5, 0.6) is 5.75 Å². The van der Waals surface area contributed by atoms with Gasteiger partial charge in [-0.2, -0.15) is 0 Å². The van der Waals surface area contributed by atoms with Crippen LogP contribution >= 0.6 is 0 Å². The molecule has 1 heterocycles. The van der Waals surface area contributed by atoms with Crippen molar-refractivity contribution in [2.24, 2.45) is 5.73 Å². The fourth-order valence-corrected chi connectivity index (χ4v) is 3.14. The second-order valence-corrected chi connectivity index (χ2v) is 7.00. The summed E-state index contributed by atoms with van der Waals surface area (Å²) in [6.45, 7) is 1.22. The average Bonchev–Trinajstić information content (AvgIpc) is 2.72. The predicted molar refractivity (Wildman–Crippen MR) is 104 cm³/mol. The highest BCUT2D eigenvalue weighted by Gasteiger charge is 2.40. The van der Waals surface area contributed by atoms with Crippen LogP contribution in [-0.4, -0.2) is 40.6 Å². The SMILES string of the molecule is NC(=O)C1(O)CCCN(C(=O)NCc2ccc(COc3ccccc3)cc2)C1. The molecule has 7 nitrogen and oxygen atoms in total. The van der Waals surface area contributed by atoms with Gasteiger partial charge in [0.15, 0.2) is 5.60 Å². The lowest BCUT2D eigenvalue weighted by molar-refractivity contribution is -0.140. The topological polar surface area (TPSA) is 105 Å². The Morgan fingerprint density at radius 1 is 1.11 bits per heavy atom. The number of aliphatic hydroxyl groups is 1. The molecule has 3 rings (SSSR count). The molecule has 1 unspecified atom stereocenters. The lowest BCUT2D eigenvalue weighted by Crippen LogP contribution is -2.58. The van der Waals surface area contributed by atoms with Gasteiger partial charge in [0, 0.05) is 13.1 Å². The molecule has 1 fully saturated rings. The van der Waals surface area contributed by atoms with Crippen LogP contribution in [0.2, 0.25) is 0 Å². The third-order valence-electron chi connectivity index (χ3n) is 4.83. The minimum absolute atomic E-state index is 0.0794. The van der Waals surface area contributed by atoms with Gasteiger partial charge in [-0.05, 0) is 36.1 Å². The van der Waals surface area contributed by atoms with E-state index in [1.807, 2.05) is 54.6 Å². The number of hydrogen-bond acceptors (Lipinski definition) is 4. The molecule has 4 N–H and O–H groups in total. The van der Waals surface area contributed by atoms with E-state index in [0.29, 0.717) is 26.1 Å². The van der Waals surface area contributed by atoms with Crippen LogP contribution in [0.1, 0.15) is 24.0 Å². The van der Waals surface area contributed by atoms with Gasteiger partial charge in [0.25, 0.3) is 5.91 Å². The number of ether oxygens (including phenoxy) is 1. The van der Waals surface area contributed by atoms with Crippen LogP contribution in [-0.2, 0) is 17.9 Å². The monoisotopic (exact) mass is 383 g/mol. The van der Waals surface area contributed by atoms with Crippen LogP contribution in [0, 0.1) is 0 Å². The molecule has 2 aromatic rings. The van der Waals surface area contributed by atoms with Gasteiger partial charge in [0.05, 0.1) is 6.54 Å². The van der Waals surface area contributed by atoms with E-state index in [-0.39, 0.29) is 19.0 Å². The molecule has 1 saturated heterocycles. The van der Waals surface area contributed by atoms with Crippen molar-refractivity contribution in [2.75, 3.05) is 13.1 Å². The van der Waals surface area contributed by atoms with Crippen molar-refractivity contribution in [3.8, 4) is 5.75 Å². The lowest BCUT2D eigenvalue weighted by Gasteiger charge is -2.36. The van der Waals surface area contributed by atoms with E-state index in [2.05, 4.69) is 5.32 Å². The molecule has 3 amide bonds. The number of rotatable bonds is 6. The third kappa shape index (κ3) is 5.01. The number of primary amides is 1. The Kier molecular flexibility index (Phi) is 6.16. The number of carbonyl (C=O) groups is 2. The van der Waals surface area contributed by atoms with Crippen molar-refractivity contribution in [3.05, 3.63) is 65.7 Å². The van der Waals surface area contributed by atoms with Crippen molar-refractivity contribution in [3.63, 3.8) is 0 Å². The Bertz CT molecular complexity index is 810. The maximum Gasteiger partial charge on any atom is 0.317 e. The number of nitrogens with two attached hydrogens (primary N) is 1. The summed E-state index contributed by atoms with van der Waals surface area (Å²) in [6, 6.07) is 17.0. The molecule has 2 aromatic carbocycles. The van der Waals surface area contributed by atoms with E-state index in [0.717, 1.165) is 16.9 Å². The number of urea groups is 1. The zero-order valence-electron chi connectivity index (χ0n) is 15.6. The molecule has 0 radical (unpaired) electrons. The molecule has 0 aromatic heterocycles. The molecule has 0 spiro atoms. The van der Waals surface area contributed by atoms with E-state index in [4.69, 9.17) is 10.5 Å². The van der Waals surface area contributed by atoms with Crippen molar-refractivity contribution in [1.29, 1.82) is 0 Å². The molecule has 1 aliphatic heterocycles. The van der Waals surface area contributed by atoms with Crippen molar-refractivity contribution < 1.29 is 19.4 Å². The van der Waals surface area contributed by atoms with Crippen molar-refractivity contribution in [2.45, 2.75) is 31.6 Å². The summed E-state index contributed by atoms with van der Waals surface area (Å²) in [6.07, 6.45) is 0.807. The number of nitrogens with zero attached hydrogens (tertiary/aromatic N) is 1.